The van der Waals surface area contributed by atoms with E-state index in [1.807, 2.05) is 30.3 Å². The molecule has 25 heavy (non-hydrogen) atoms. The van der Waals surface area contributed by atoms with Crippen LogP contribution in [-0.4, -0.2) is 16.9 Å². The molecule has 0 aliphatic heterocycles. The van der Waals surface area contributed by atoms with E-state index in [0.717, 1.165) is 27.4 Å². The number of para-hydroxylation sites is 1. The van der Waals surface area contributed by atoms with Crippen LogP contribution in [0.25, 0.3) is 21.0 Å². The van der Waals surface area contributed by atoms with Gasteiger partial charge >= 0.3 is 0 Å². The molecule has 0 unspecified atom stereocenters. The third-order valence-corrected chi connectivity index (χ3v) is 7.02. The van der Waals surface area contributed by atoms with Gasteiger partial charge in [0.25, 0.3) is 5.91 Å². The van der Waals surface area contributed by atoms with Gasteiger partial charge in [-0.05, 0) is 30.4 Å². The van der Waals surface area contributed by atoms with Crippen LogP contribution in [0, 0.1) is 11.8 Å². The minimum Gasteiger partial charge on any atom is -0.348 e. The number of rotatable bonds is 2. The van der Waals surface area contributed by atoms with Gasteiger partial charge in [0.2, 0.25) is 0 Å². The van der Waals surface area contributed by atoms with Gasteiger partial charge in [0, 0.05) is 21.5 Å². The molecule has 0 bridgehead atoms. The van der Waals surface area contributed by atoms with Gasteiger partial charge in [-0.1, -0.05) is 56.5 Å². The predicted molar refractivity (Wildman–Crippen MR) is 106 cm³/mol. The zero-order valence-corrected chi connectivity index (χ0v) is 16.0. The first kappa shape index (κ1) is 16.8. The second-order valence-corrected chi connectivity index (χ2v) is 8.53. The van der Waals surface area contributed by atoms with Crippen LogP contribution in [0.2, 0.25) is 5.15 Å². The van der Waals surface area contributed by atoms with Gasteiger partial charge in [-0.2, -0.15) is 0 Å². The molecule has 0 spiro atoms. The highest BCUT2D eigenvalue weighted by Gasteiger charge is 2.29. The number of halogens is 1. The highest BCUT2D eigenvalue weighted by molar-refractivity contribution is 7.21. The van der Waals surface area contributed by atoms with Crippen molar-refractivity contribution in [3.63, 3.8) is 0 Å². The summed E-state index contributed by atoms with van der Waals surface area (Å²) in [5.74, 6) is 1.18. The molecule has 3 atom stereocenters. The van der Waals surface area contributed by atoms with Gasteiger partial charge in [-0.3, -0.25) is 4.79 Å². The SMILES string of the molecule is C[C@H]1[C@H](C)CCC[C@@H]1NC(=O)c1cc2c(Cl)nc3ccccc3c2s1. The number of hydrogen-bond acceptors (Lipinski definition) is 3. The smallest absolute Gasteiger partial charge is 0.261 e. The van der Waals surface area contributed by atoms with Crippen LogP contribution in [0.5, 0.6) is 0 Å². The molecule has 4 rings (SSSR count). The molecular weight excluding hydrogens is 352 g/mol. The van der Waals surface area contributed by atoms with Crippen molar-refractivity contribution in [1.29, 1.82) is 0 Å². The molecule has 1 N–H and O–H groups in total. The van der Waals surface area contributed by atoms with Crippen LogP contribution in [-0.2, 0) is 0 Å². The number of carbonyl (C=O) groups excluding carboxylic acids is 1. The molecule has 3 nitrogen and oxygen atoms in total. The molecule has 1 aliphatic carbocycles. The Morgan fingerprint density at radius 1 is 1.24 bits per heavy atom. The topological polar surface area (TPSA) is 42.0 Å². The maximum Gasteiger partial charge on any atom is 0.261 e. The molecule has 1 fully saturated rings. The van der Waals surface area contributed by atoms with E-state index in [0.29, 0.717) is 21.9 Å². The summed E-state index contributed by atoms with van der Waals surface area (Å²) >= 11 is 7.86. The second-order valence-electron chi connectivity index (χ2n) is 7.12. The molecule has 1 aromatic carbocycles. The predicted octanol–water partition coefficient (Wildman–Crippen LogP) is 5.66. The average molecular weight is 373 g/mol. The van der Waals surface area contributed by atoms with E-state index in [-0.39, 0.29) is 11.9 Å². The number of fused-ring (bicyclic) bond motifs is 3. The van der Waals surface area contributed by atoms with Crippen molar-refractivity contribution in [3.05, 3.63) is 40.4 Å². The average Bonchev–Trinajstić information content (AvgIpc) is 3.05. The van der Waals surface area contributed by atoms with Gasteiger partial charge < -0.3 is 5.32 Å². The van der Waals surface area contributed by atoms with Crippen molar-refractivity contribution < 1.29 is 4.79 Å². The quantitative estimate of drug-likeness (QED) is 0.590. The molecular formula is C20H21ClN2OS. The normalized spacial score (nSPS) is 23.9. The summed E-state index contributed by atoms with van der Waals surface area (Å²) in [6.07, 6.45) is 3.50. The van der Waals surface area contributed by atoms with Crippen LogP contribution in [0.4, 0.5) is 0 Å². The standard InChI is InChI=1S/C20H21ClN2OS/c1-11-6-5-9-15(12(11)2)23-20(24)17-10-14-18(25-17)13-7-3-4-8-16(13)22-19(14)21/h3-4,7-8,10-12,15H,5-6,9H2,1-2H3,(H,23,24)/t11-,12+,15+/m1/s1. The molecule has 1 saturated carbocycles. The van der Waals surface area contributed by atoms with E-state index in [9.17, 15) is 4.79 Å². The van der Waals surface area contributed by atoms with Crippen LogP contribution in [0.3, 0.4) is 0 Å². The lowest BCUT2D eigenvalue weighted by molar-refractivity contribution is 0.0895. The Morgan fingerprint density at radius 2 is 2.04 bits per heavy atom. The Labute approximate surface area is 156 Å². The van der Waals surface area contributed by atoms with E-state index < -0.39 is 0 Å². The molecule has 130 valence electrons. The van der Waals surface area contributed by atoms with Gasteiger partial charge in [0.15, 0.2) is 0 Å². The van der Waals surface area contributed by atoms with E-state index in [2.05, 4.69) is 24.1 Å². The number of aromatic nitrogens is 1. The molecule has 3 aromatic rings. The van der Waals surface area contributed by atoms with E-state index in [4.69, 9.17) is 11.6 Å². The van der Waals surface area contributed by atoms with Crippen LogP contribution < -0.4 is 5.32 Å². The third-order valence-electron chi connectivity index (χ3n) is 5.57. The number of amides is 1. The minimum absolute atomic E-state index is 0.00676. The minimum atomic E-state index is 0.00676. The molecule has 2 heterocycles. The zero-order valence-electron chi connectivity index (χ0n) is 14.4. The monoisotopic (exact) mass is 372 g/mol. The largest absolute Gasteiger partial charge is 0.348 e. The van der Waals surface area contributed by atoms with Gasteiger partial charge in [0.05, 0.1) is 10.4 Å². The fraction of sp³-hybridized carbons (Fsp3) is 0.400. The van der Waals surface area contributed by atoms with Crippen molar-refractivity contribution in [2.45, 2.75) is 39.2 Å². The zero-order chi connectivity index (χ0) is 17.6. The van der Waals surface area contributed by atoms with E-state index in [1.165, 1.54) is 24.2 Å². The first-order valence-corrected chi connectivity index (χ1v) is 10.0. The van der Waals surface area contributed by atoms with Gasteiger partial charge in [-0.25, -0.2) is 4.98 Å². The Balaban J connectivity index is 1.68. The van der Waals surface area contributed by atoms with E-state index in [1.54, 1.807) is 0 Å². The lowest BCUT2D eigenvalue weighted by atomic mass is 9.78. The summed E-state index contributed by atoms with van der Waals surface area (Å²) in [6, 6.07) is 10.1. The van der Waals surface area contributed by atoms with E-state index >= 15 is 0 Å². The molecule has 0 saturated heterocycles. The van der Waals surface area contributed by atoms with Gasteiger partial charge in [-0.15, -0.1) is 11.3 Å². The number of nitrogens with zero attached hydrogens (tertiary/aromatic N) is 1. The van der Waals surface area contributed by atoms with Crippen molar-refractivity contribution >= 4 is 49.8 Å². The summed E-state index contributed by atoms with van der Waals surface area (Å²) in [5, 5.41) is 5.62. The van der Waals surface area contributed by atoms with Crippen molar-refractivity contribution in [1.82, 2.24) is 10.3 Å². The summed E-state index contributed by atoms with van der Waals surface area (Å²) in [5.41, 5.74) is 0.864. The Kier molecular flexibility index (Phi) is 4.42. The highest BCUT2D eigenvalue weighted by atomic mass is 35.5. The number of thiophene rings is 1. The highest BCUT2D eigenvalue weighted by Crippen LogP contribution is 2.36. The number of carbonyl (C=O) groups is 1. The molecule has 1 aliphatic rings. The number of pyridine rings is 1. The number of nitrogens with one attached hydrogen (secondary N) is 1. The Morgan fingerprint density at radius 3 is 2.88 bits per heavy atom. The number of hydrogen-bond donors (Lipinski definition) is 1. The fourth-order valence-corrected chi connectivity index (χ4v) is 5.20. The summed E-state index contributed by atoms with van der Waals surface area (Å²) < 4.78 is 1.03. The maximum atomic E-state index is 12.8. The van der Waals surface area contributed by atoms with Crippen LogP contribution in [0.1, 0.15) is 42.8 Å². The van der Waals surface area contributed by atoms with Gasteiger partial charge in [0.1, 0.15) is 5.15 Å². The second kappa shape index (κ2) is 6.58. The molecule has 0 radical (unpaired) electrons. The third kappa shape index (κ3) is 3.02. The summed E-state index contributed by atoms with van der Waals surface area (Å²) in [6.45, 7) is 4.52. The Hall–Kier alpha value is -1.65. The van der Waals surface area contributed by atoms with Crippen molar-refractivity contribution in [3.8, 4) is 0 Å². The Bertz CT molecular complexity index is 951. The summed E-state index contributed by atoms with van der Waals surface area (Å²) in [7, 11) is 0. The summed E-state index contributed by atoms with van der Waals surface area (Å²) in [4.78, 5) is 18.0. The van der Waals surface area contributed by atoms with Crippen LogP contribution in [0.15, 0.2) is 30.3 Å². The first-order chi connectivity index (χ1) is 12.0. The lowest BCUT2D eigenvalue weighted by Crippen LogP contribution is -2.43. The molecule has 2 aromatic heterocycles. The lowest BCUT2D eigenvalue weighted by Gasteiger charge is -2.34. The maximum absolute atomic E-state index is 12.8. The first-order valence-electron chi connectivity index (χ1n) is 8.83. The van der Waals surface area contributed by atoms with Crippen molar-refractivity contribution in [2.75, 3.05) is 0 Å². The number of benzene rings is 1. The van der Waals surface area contributed by atoms with Crippen molar-refractivity contribution in [2.24, 2.45) is 11.8 Å². The fourth-order valence-electron chi connectivity index (χ4n) is 3.81. The molecule has 5 heteroatoms. The molecule has 1 amide bonds. The van der Waals surface area contributed by atoms with Crippen LogP contribution >= 0.6 is 22.9 Å².